The zero-order valence-corrected chi connectivity index (χ0v) is 10.9. The summed E-state index contributed by atoms with van der Waals surface area (Å²) < 4.78 is 0. The molecule has 2 aromatic rings. The van der Waals surface area contributed by atoms with Crippen LogP contribution in [0, 0.1) is 0 Å². The molecule has 0 fully saturated rings. The number of carbonyl (C=O) groups excluding carboxylic acids is 1. The number of nitrogens with zero attached hydrogens (tertiary/aromatic N) is 2. The van der Waals surface area contributed by atoms with Crippen molar-refractivity contribution >= 4 is 23.6 Å². The maximum Gasteiger partial charge on any atom is 0.244 e. The number of benzene rings is 1. The Morgan fingerprint density at radius 2 is 2.26 bits per heavy atom. The number of hydrogen-bond donors (Lipinski definition) is 2. The Bertz CT molecular complexity index is 566. The van der Waals surface area contributed by atoms with E-state index in [4.69, 9.17) is 11.6 Å². The Balaban J connectivity index is 1.79. The quantitative estimate of drug-likeness (QED) is 0.819. The average molecular weight is 277 g/mol. The van der Waals surface area contributed by atoms with Crippen LogP contribution in [-0.4, -0.2) is 27.6 Å². The van der Waals surface area contributed by atoms with Gasteiger partial charge >= 0.3 is 0 Å². The van der Waals surface area contributed by atoms with Gasteiger partial charge in [-0.25, -0.2) is 4.98 Å². The number of aromatic amines is 1. The molecule has 0 radical (unpaired) electrons. The number of halogens is 1. The van der Waals surface area contributed by atoms with Gasteiger partial charge in [0.05, 0.1) is 0 Å². The van der Waals surface area contributed by atoms with Gasteiger partial charge in [0.2, 0.25) is 5.91 Å². The topological polar surface area (TPSA) is 70.7 Å². The van der Waals surface area contributed by atoms with E-state index in [-0.39, 0.29) is 5.91 Å². The molecule has 1 amide bonds. The zero-order valence-electron chi connectivity index (χ0n) is 10.1. The van der Waals surface area contributed by atoms with E-state index in [0.29, 0.717) is 18.0 Å². The first-order valence-corrected chi connectivity index (χ1v) is 6.18. The normalized spacial score (nSPS) is 10.8. The first kappa shape index (κ1) is 13.3. The largest absolute Gasteiger partial charge is 0.352 e. The summed E-state index contributed by atoms with van der Waals surface area (Å²) in [4.78, 5) is 15.5. The van der Waals surface area contributed by atoms with Crippen molar-refractivity contribution in [3.05, 3.63) is 53.1 Å². The number of amides is 1. The molecular weight excluding hydrogens is 264 g/mol. The monoisotopic (exact) mass is 276 g/mol. The standard InChI is InChI=1S/C13H13ClN4O/c14-11-4-2-1-3-10(11)5-6-13(19)15-8-7-12-16-9-17-18-12/h1-6,9H,7-8H2,(H,15,19)(H,16,17,18). The Labute approximate surface area is 115 Å². The van der Waals surface area contributed by atoms with Crippen LogP contribution in [0.15, 0.2) is 36.7 Å². The lowest BCUT2D eigenvalue weighted by Crippen LogP contribution is -2.23. The Hall–Kier alpha value is -2.14. The molecule has 0 saturated carbocycles. The molecular formula is C13H13ClN4O. The maximum absolute atomic E-state index is 11.6. The molecule has 0 aliphatic rings. The zero-order chi connectivity index (χ0) is 13.5. The highest BCUT2D eigenvalue weighted by molar-refractivity contribution is 6.32. The van der Waals surface area contributed by atoms with E-state index in [2.05, 4.69) is 20.5 Å². The van der Waals surface area contributed by atoms with Gasteiger partial charge in [-0.15, -0.1) is 0 Å². The minimum Gasteiger partial charge on any atom is -0.352 e. The van der Waals surface area contributed by atoms with Crippen molar-refractivity contribution in [3.63, 3.8) is 0 Å². The third-order valence-corrected chi connectivity index (χ3v) is 2.79. The van der Waals surface area contributed by atoms with Gasteiger partial charge in [-0.3, -0.25) is 9.89 Å². The average Bonchev–Trinajstić information content (AvgIpc) is 2.91. The summed E-state index contributed by atoms with van der Waals surface area (Å²) in [6.07, 6.45) is 5.20. The van der Waals surface area contributed by atoms with Crippen LogP contribution in [0.5, 0.6) is 0 Å². The van der Waals surface area contributed by atoms with E-state index >= 15 is 0 Å². The maximum atomic E-state index is 11.6. The summed E-state index contributed by atoms with van der Waals surface area (Å²) in [7, 11) is 0. The van der Waals surface area contributed by atoms with Gasteiger partial charge < -0.3 is 5.32 Å². The van der Waals surface area contributed by atoms with Gasteiger partial charge in [0, 0.05) is 24.1 Å². The summed E-state index contributed by atoms with van der Waals surface area (Å²) in [5.41, 5.74) is 0.814. The van der Waals surface area contributed by atoms with E-state index < -0.39 is 0 Å². The van der Waals surface area contributed by atoms with Crippen LogP contribution in [0.1, 0.15) is 11.4 Å². The summed E-state index contributed by atoms with van der Waals surface area (Å²) in [5, 5.41) is 9.83. The predicted molar refractivity (Wildman–Crippen MR) is 73.6 cm³/mol. The molecule has 1 aromatic heterocycles. The van der Waals surface area contributed by atoms with Gasteiger partial charge in [0.1, 0.15) is 12.2 Å². The number of H-pyrrole nitrogens is 1. The lowest BCUT2D eigenvalue weighted by atomic mass is 10.2. The number of hydrogen-bond acceptors (Lipinski definition) is 3. The first-order chi connectivity index (χ1) is 9.25. The highest BCUT2D eigenvalue weighted by Crippen LogP contribution is 2.15. The Morgan fingerprint density at radius 1 is 1.42 bits per heavy atom. The molecule has 2 rings (SSSR count). The van der Waals surface area contributed by atoms with E-state index in [1.165, 1.54) is 12.4 Å². The minimum absolute atomic E-state index is 0.167. The van der Waals surface area contributed by atoms with Crippen molar-refractivity contribution in [1.29, 1.82) is 0 Å². The van der Waals surface area contributed by atoms with E-state index in [9.17, 15) is 4.79 Å². The molecule has 0 aliphatic heterocycles. The molecule has 2 N–H and O–H groups in total. The van der Waals surface area contributed by atoms with Crippen LogP contribution in [-0.2, 0) is 11.2 Å². The number of aromatic nitrogens is 3. The number of rotatable bonds is 5. The van der Waals surface area contributed by atoms with Crippen molar-refractivity contribution in [2.24, 2.45) is 0 Å². The SMILES string of the molecule is O=C(C=Cc1ccccc1Cl)NCCc1ncn[nH]1. The summed E-state index contributed by atoms with van der Waals surface area (Å²) in [5.74, 6) is 0.579. The number of nitrogens with one attached hydrogen (secondary N) is 2. The molecule has 0 unspecified atom stereocenters. The highest BCUT2D eigenvalue weighted by Gasteiger charge is 1.99. The smallest absolute Gasteiger partial charge is 0.244 e. The molecule has 19 heavy (non-hydrogen) atoms. The Morgan fingerprint density at radius 3 is 3.00 bits per heavy atom. The minimum atomic E-state index is -0.167. The Kier molecular flexibility index (Phi) is 4.69. The molecule has 6 heteroatoms. The highest BCUT2D eigenvalue weighted by atomic mass is 35.5. The van der Waals surface area contributed by atoms with Crippen molar-refractivity contribution in [2.45, 2.75) is 6.42 Å². The molecule has 5 nitrogen and oxygen atoms in total. The van der Waals surface area contributed by atoms with Crippen LogP contribution < -0.4 is 5.32 Å². The summed E-state index contributed by atoms with van der Waals surface area (Å²) in [6.45, 7) is 0.501. The van der Waals surface area contributed by atoms with Gasteiger partial charge in [0.25, 0.3) is 0 Å². The third-order valence-electron chi connectivity index (χ3n) is 2.45. The van der Waals surface area contributed by atoms with Crippen molar-refractivity contribution in [1.82, 2.24) is 20.5 Å². The van der Waals surface area contributed by atoms with E-state index in [1.807, 2.05) is 18.2 Å². The molecule has 0 aliphatic carbocycles. The third kappa shape index (κ3) is 4.22. The van der Waals surface area contributed by atoms with Crippen molar-refractivity contribution in [2.75, 3.05) is 6.54 Å². The van der Waals surface area contributed by atoms with Gasteiger partial charge in [-0.1, -0.05) is 29.8 Å². The second kappa shape index (κ2) is 6.70. The second-order valence-electron chi connectivity index (χ2n) is 3.83. The summed E-state index contributed by atoms with van der Waals surface area (Å²) in [6, 6.07) is 7.34. The molecule has 0 saturated heterocycles. The van der Waals surface area contributed by atoms with Gasteiger partial charge in [-0.05, 0) is 17.7 Å². The summed E-state index contributed by atoms with van der Waals surface area (Å²) >= 11 is 5.98. The van der Waals surface area contributed by atoms with Crippen LogP contribution in [0.4, 0.5) is 0 Å². The second-order valence-corrected chi connectivity index (χ2v) is 4.24. The fourth-order valence-electron chi connectivity index (χ4n) is 1.49. The van der Waals surface area contributed by atoms with E-state index in [1.54, 1.807) is 12.1 Å². The van der Waals surface area contributed by atoms with Crippen LogP contribution >= 0.6 is 11.6 Å². The lowest BCUT2D eigenvalue weighted by molar-refractivity contribution is -0.116. The van der Waals surface area contributed by atoms with Crippen LogP contribution in [0.3, 0.4) is 0 Å². The van der Waals surface area contributed by atoms with Crippen LogP contribution in [0.25, 0.3) is 6.08 Å². The van der Waals surface area contributed by atoms with Gasteiger partial charge in [-0.2, -0.15) is 5.10 Å². The molecule has 0 atom stereocenters. The molecule has 1 heterocycles. The van der Waals surface area contributed by atoms with Crippen molar-refractivity contribution < 1.29 is 4.79 Å². The molecule has 0 bridgehead atoms. The van der Waals surface area contributed by atoms with Crippen LogP contribution in [0.2, 0.25) is 5.02 Å². The number of carbonyl (C=O) groups is 1. The van der Waals surface area contributed by atoms with Crippen molar-refractivity contribution in [3.8, 4) is 0 Å². The molecule has 0 spiro atoms. The fraction of sp³-hybridized carbons (Fsp3) is 0.154. The first-order valence-electron chi connectivity index (χ1n) is 5.80. The molecule has 98 valence electrons. The lowest BCUT2D eigenvalue weighted by Gasteiger charge is -2.00. The fourth-order valence-corrected chi connectivity index (χ4v) is 1.69. The van der Waals surface area contributed by atoms with E-state index in [0.717, 1.165) is 11.4 Å². The predicted octanol–water partition coefficient (Wildman–Crippen LogP) is 1.83. The molecule has 1 aromatic carbocycles. The van der Waals surface area contributed by atoms with Gasteiger partial charge in [0.15, 0.2) is 0 Å².